The van der Waals surface area contributed by atoms with E-state index >= 15 is 0 Å². The van der Waals surface area contributed by atoms with Crippen molar-refractivity contribution in [2.75, 3.05) is 56.1 Å². The van der Waals surface area contributed by atoms with Crippen LogP contribution < -0.4 is 15.5 Å². The number of piperazine rings is 1. The van der Waals surface area contributed by atoms with Crippen molar-refractivity contribution in [3.05, 3.63) is 36.9 Å². The summed E-state index contributed by atoms with van der Waals surface area (Å²) in [7, 11) is 2.15. The molecule has 0 unspecified atom stereocenters. The monoisotopic (exact) mass is 482 g/mol. The number of nitrogens with zero attached hydrogens (tertiary/aromatic N) is 9. The van der Waals surface area contributed by atoms with Gasteiger partial charge in [0.2, 0.25) is 0 Å². The topological polar surface area (TPSA) is 145 Å². The normalized spacial score (nSPS) is 17.3. The van der Waals surface area contributed by atoms with Gasteiger partial charge in [0.15, 0.2) is 11.5 Å². The lowest BCUT2D eigenvalue weighted by Gasteiger charge is -2.37. The number of nitrogens with two attached hydrogens (primary N) is 1. The molecule has 0 amide bonds. The van der Waals surface area contributed by atoms with E-state index in [4.69, 9.17) is 15.7 Å². The summed E-state index contributed by atoms with van der Waals surface area (Å²) in [5.41, 5.74) is 11.6. The smallest absolute Gasteiger partial charge is 0.180 e. The Kier molecular flexibility index (Phi) is 4.82. The fraction of sp³-hybridized carbons (Fsp3) is 0.333. The van der Waals surface area contributed by atoms with Gasteiger partial charge in [0.05, 0.1) is 35.5 Å². The van der Waals surface area contributed by atoms with E-state index in [1.54, 1.807) is 18.6 Å². The first kappa shape index (κ1) is 21.1. The Bertz CT molecular complexity index is 1560. The third kappa shape index (κ3) is 3.53. The molecule has 5 aromatic heterocycles. The standard InChI is InChI=1S/C24H26N12/c1-34-4-6-35(7-5-34)19-2-3-27-23-22(19)30-24(31-23)21-15-8-16(28-10-17(15)32-33-21)18-9-26-11-20(29-18)36-12-14(25)13-36/h2-3,8-11,14H,4-7,12-13,25H2,1H3,(H,32,33)(H,27,30,31). The van der Waals surface area contributed by atoms with E-state index in [1.165, 1.54) is 0 Å². The summed E-state index contributed by atoms with van der Waals surface area (Å²) in [6.07, 6.45) is 7.08. The molecule has 0 bridgehead atoms. The Morgan fingerprint density at radius 1 is 0.972 bits per heavy atom. The second-order valence-corrected chi connectivity index (χ2v) is 9.52. The average molecular weight is 483 g/mol. The Hall–Kier alpha value is -4.16. The Morgan fingerprint density at radius 2 is 1.83 bits per heavy atom. The number of anilines is 2. The highest BCUT2D eigenvalue weighted by Gasteiger charge is 2.25. The number of aromatic amines is 2. The van der Waals surface area contributed by atoms with Crippen LogP contribution in [0.25, 0.3) is 45.0 Å². The van der Waals surface area contributed by atoms with E-state index < -0.39 is 0 Å². The number of likely N-dealkylation sites (N-methyl/N-ethyl adjacent to an activating group) is 1. The molecule has 2 aliphatic rings. The number of H-pyrrole nitrogens is 2. The van der Waals surface area contributed by atoms with Crippen LogP contribution in [0.3, 0.4) is 0 Å². The second kappa shape index (κ2) is 8.21. The number of imidazole rings is 1. The minimum atomic E-state index is 0.188. The highest BCUT2D eigenvalue weighted by molar-refractivity contribution is 5.95. The van der Waals surface area contributed by atoms with Crippen LogP contribution in [-0.2, 0) is 0 Å². The highest BCUT2D eigenvalue weighted by Crippen LogP contribution is 2.31. The van der Waals surface area contributed by atoms with Gasteiger partial charge in [-0.15, -0.1) is 0 Å². The molecule has 4 N–H and O–H groups in total. The Morgan fingerprint density at radius 3 is 2.67 bits per heavy atom. The number of pyridine rings is 2. The molecule has 0 radical (unpaired) electrons. The lowest BCUT2D eigenvalue weighted by atomic mass is 10.1. The third-order valence-electron chi connectivity index (χ3n) is 7.00. The van der Waals surface area contributed by atoms with Crippen molar-refractivity contribution in [1.82, 2.24) is 45.0 Å². The Labute approximate surface area is 206 Å². The van der Waals surface area contributed by atoms with E-state index in [-0.39, 0.29) is 6.04 Å². The van der Waals surface area contributed by atoms with Crippen LogP contribution in [-0.4, -0.2) is 97.4 Å². The van der Waals surface area contributed by atoms with Crippen LogP contribution in [0, 0.1) is 0 Å². The maximum Gasteiger partial charge on any atom is 0.180 e. The van der Waals surface area contributed by atoms with Crippen molar-refractivity contribution in [1.29, 1.82) is 0 Å². The highest BCUT2D eigenvalue weighted by atomic mass is 15.3. The zero-order valence-corrected chi connectivity index (χ0v) is 19.9. The molecule has 0 spiro atoms. The molecule has 5 aromatic rings. The summed E-state index contributed by atoms with van der Waals surface area (Å²) in [6.45, 7) is 5.56. The zero-order chi connectivity index (χ0) is 24.2. The van der Waals surface area contributed by atoms with Crippen LogP contribution in [0.2, 0.25) is 0 Å². The molecule has 0 saturated carbocycles. The van der Waals surface area contributed by atoms with Crippen molar-refractivity contribution < 1.29 is 0 Å². The van der Waals surface area contributed by atoms with Crippen LogP contribution in [0.1, 0.15) is 0 Å². The second-order valence-electron chi connectivity index (χ2n) is 9.52. The van der Waals surface area contributed by atoms with E-state index in [0.29, 0.717) is 22.9 Å². The predicted octanol–water partition coefficient (Wildman–Crippen LogP) is 1.25. The molecule has 2 saturated heterocycles. The first-order chi connectivity index (χ1) is 17.6. The molecule has 7 rings (SSSR count). The van der Waals surface area contributed by atoms with Crippen LogP contribution in [0.15, 0.2) is 36.9 Å². The maximum atomic E-state index is 5.93. The molecule has 36 heavy (non-hydrogen) atoms. The summed E-state index contributed by atoms with van der Waals surface area (Å²) < 4.78 is 0. The van der Waals surface area contributed by atoms with Gasteiger partial charge in [0.25, 0.3) is 0 Å². The summed E-state index contributed by atoms with van der Waals surface area (Å²) in [6, 6.07) is 4.22. The van der Waals surface area contributed by atoms with Gasteiger partial charge in [-0.3, -0.25) is 15.1 Å². The molecule has 182 valence electrons. The van der Waals surface area contributed by atoms with Crippen LogP contribution >= 0.6 is 0 Å². The van der Waals surface area contributed by atoms with Gasteiger partial charge in [-0.1, -0.05) is 0 Å². The molecule has 7 heterocycles. The van der Waals surface area contributed by atoms with E-state index in [1.807, 2.05) is 12.3 Å². The minimum Gasteiger partial charge on any atom is -0.367 e. The molecule has 0 aliphatic carbocycles. The van der Waals surface area contributed by atoms with Gasteiger partial charge in [0, 0.05) is 56.9 Å². The van der Waals surface area contributed by atoms with Gasteiger partial charge in [-0.05, 0) is 19.2 Å². The summed E-state index contributed by atoms with van der Waals surface area (Å²) >= 11 is 0. The molecule has 0 aromatic carbocycles. The molecular formula is C24H26N12. The maximum absolute atomic E-state index is 5.93. The molecule has 0 atom stereocenters. The molecule has 12 nitrogen and oxygen atoms in total. The predicted molar refractivity (Wildman–Crippen MR) is 138 cm³/mol. The number of hydrogen-bond acceptors (Lipinski definition) is 10. The van der Waals surface area contributed by atoms with E-state index in [2.05, 4.69) is 57.9 Å². The average Bonchev–Trinajstić information content (AvgIpc) is 3.51. The Balaban J connectivity index is 1.26. The van der Waals surface area contributed by atoms with Crippen molar-refractivity contribution in [3.8, 4) is 22.9 Å². The van der Waals surface area contributed by atoms with Crippen molar-refractivity contribution in [2.45, 2.75) is 6.04 Å². The fourth-order valence-corrected chi connectivity index (χ4v) is 4.89. The first-order valence-corrected chi connectivity index (χ1v) is 12.1. The molecule has 2 aliphatic heterocycles. The molecule has 2 fully saturated rings. The van der Waals surface area contributed by atoms with Crippen molar-refractivity contribution in [2.24, 2.45) is 5.73 Å². The van der Waals surface area contributed by atoms with Gasteiger partial charge in [-0.2, -0.15) is 5.10 Å². The summed E-state index contributed by atoms with van der Waals surface area (Å²) in [5, 5.41) is 8.54. The number of hydrogen-bond donors (Lipinski definition) is 3. The quantitative estimate of drug-likeness (QED) is 0.342. The van der Waals surface area contributed by atoms with Gasteiger partial charge in [0.1, 0.15) is 22.7 Å². The van der Waals surface area contributed by atoms with Crippen LogP contribution in [0.4, 0.5) is 11.5 Å². The number of aromatic nitrogens is 8. The zero-order valence-electron chi connectivity index (χ0n) is 19.9. The minimum absolute atomic E-state index is 0.188. The van der Waals surface area contributed by atoms with Crippen molar-refractivity contribution in [3.63, 3.8) is 0 Å². The first-order valence-electron chi connectivity index (χ1n) is 12.1. The summed E-state index contributed by atoms with van der Waals surface area (Å²) in [5.74, 6) is 1.47. The lowest BCUT2D eigenvalue weighted by molar-refractivity contribution is 0.313. The van der Waals surface area contributed by atoms with Gasteiger partial charge < -0.3 is 25.4 Å². The molecular weight excluding hydrogens is 456 g/mol. The van der Waals surface area contributed by atoms with Crippen molar-refractivity contribution >= 4 is 33.6 Å². The van der Waals surface area contributed by atoms with Gasteiger partial charge in [-0.25, -0.2) is 15.0 Å². The number of nitrogens with one attached hydrogen (secondary N) is 2. The largest absolute Gasteiger partial charge is 0.367 e. The summed E-state index contributed by atoms with van der Waals surface area (Å²) in [4.78, 5) is 33.4. The van der Waals surface area contributed by atoms with E-state index in [9.17, 15) is 0 Å². The molecule has 12 heteroatoms. The van der Waals surface area contributed by atoms with E-state index in [0.717, 1.165) is 72.9 Å². The van der Waals surface area contributed by atoms with Gasteiger partial charge >= 0.3 is 0 Å². The van der Waals surface area contributed by atoms with Crippen LogP contribution in [0.5, 0.6) is 0 Å². The number of rotatable bonds is 4. The third-order valence-corrected chi connectivity index (χ3v) is 7.00. The number of fused-ring (bicyclic) bond motifs is 2. The fourth-order valence-electron chi connectivity index (χ4n) is 4.89. The SMILES string of the molecule is CN1CCN(c2ccnc3nc(-c4n[nH]c5cnc(-c6cncc(N7CC(N)C7)n6)cc45)[nH]c23)CC1. The lowest BCUT2D eigenvalue weighted by Crippen LogP contribution is -2.56.